The molecule has 2 atom stereocenters. The van der Waals surface area contributed by atoms with Crippen molar-refractivity contribution >= 4 is 11.6 Å². The molecule has 0 heterocycles. The summed E-state index contributed by atoms with van der Waals surface area (Å²) in [6.45, 7) is 5.43. The molecule has 1 aromatic rings. The quantitative estimate of drug-likeness (QED) is 0.877. The summed E-state index contributed by atoms with van der Waals surface area (Å²) >= 11 is 5.86. The van der Waals surface area contributed by atoms with Gasteiger partial charge in [-0.1, -0.05) is 38.4 Å². The van der Waals surface area contributed by atoms with Crippen LogP contribution in [-0.4, -0.2) is 22.4 Å². The number of rotatable bonds is 3. The standard InChI is InChI=1S/C13H18ClFO2/c1-13(2,3)12(17)11(16)7-8-9(14)5-4-6-10(8)15/h4-6,11-12,16-17H,7H2,1-3H3. The Morgan fingerprint density at radius 2 is 1.88 bits per heavy atom. The predicted molar refractivity (Wildman–Crippen MR) is 66.6 cm³/mol. The lowest BCUT2D eigenvalue weighted by molar-refractivity contribution is -0.0436. The first-order valence-electron chi connectivity index (χ1n) is 5.52. The van der Waals surface area contributed by atoms with Crippen molar-refractivity contribution in [2.75, 3.05) is 0 Å². The Kier molecular flexibility index (Phi) is 4.53. The Labute approximate surface area is 106 Å². The Bertz CT molecular complexity index is 367. The maximum atomic E-state index is 13.5. The third kappa shape index (κ3) is 3.66. The molecule has 2 unspecified atom stereocenters. The number of hydrogen-bond acceptors (Lipinski definition) is 2. The van der Waals surface area contributed by atoms with Crippen LogP contribution in [0.2, 0.25) is 5.02 Å². The highest BCUT2D eigenvalue weighted by atomic mass is 35.5. The zero-order chi connectivity index (χ0) is 13.2. The molecular formula is C13H18ClFO2. The van der Waals surface area contributed by atoms with Gasteiger partial charge in [0.1, 0.15) is 5.82 Å². The first-order chi connectivity index (χ1) is 7.73. The Balaban J connectivity index is 2.85. The van der Waals surface area contributed by atoms with E-state index in [2.05, 4.69) is 0 Å². The van der Waals surface area contributed by atoms with Crippen LogP contribution in [0.3, 0.4) is 0 Å². The lowest BCUT2D eigenvalue weighted by atomic mass is 9.84. The first kappa shape index (κ1) is 14.4. The average Bonchev–Trinajstić information content (AvgIpc) is 2.21. The van der Waals surface area contributed by atoms with E-state index < -0.39 is 23.4 Å². The number of hydrogen-bond donors (Lipinski definition) is 2. The molecule has 0 aromatic heterocycles. The number of halogens is 2. The fourth-order valence-electron chi connectivity index (χ4n) is 1.63. The van der Waals surface area contributed by atoms with Crippen molar-refractivity contribution in [2.45, 2.75) is 39.4 Å². The average molecular weight is 261 g/mol. The highest BCUT2D eigenvalue weighted by molar-refractivity contribution is 6.31. The van der Waals surface area contributed by atoms with Crippen LogP contribution >= 0.6 is 11.6 Å². The van der Waals surface area contributed by atoms with Crippen LogP contribution in [-0.2, 0) is 6.42 Å². The van der Waals surface area contributed by atoms with E-state index in [0.717, 1.165) is 0 Å². The van der Waals surface area contributed by atoms with Crippen molar-refractivity contribution in [1.82, 2.24) is 0 Å². The summed E-state index contributed by atoms with van der Waals surface area (Å²) < 4.78 is 13.5. The van der Waals surface area contributed by atoms with Crippen molar-refractivity contribution in [3.8, 4) is 0 Å². The Morgan fingerprint density at radius 1 is 1.29 bits per heavy atom. The van der Waals surface area contributed by atoms with Crippen LogP contribution in [0.4, 0.5) is 4.39 Å². The van der Waals surface area contributed by atoms with Crippen molar-refractivity contribution in [3.63, 3.8) is 0 Å². The van der Waals surface area contributed by atoms with Gasteiger partial charge in [0.2, 0.25) is 0 Å². The van der Waals surface area contributed by atoms with Gasteiger partial charge < -0.3 is 10.2 Å². The normalized spacial score (nSPS) is 15.7. The molecule has 0 saturated carbocycles. The molecule has 0 radical (unpaired) electrons. The van der Waals surface area contributed by atoms with Crippen LogP contribution in [0, 0.1) is 11.2 Å². The number of aliphatic hydroxyl groups excluding tert-OH is 2. The molecule has 0 aliphatic rings. The van der Waals surface area contributed by atoms with Crippen LogP contribution in [0.5, 0.6) is 0 Å². The van der Waals surface area contributed by atoms with Crippen LogP contribution in [0.25, 0.3) is 0 Å². The lowest BCUT2D eigenvalue weighted by Gasteiger charge is -2.30. The maximum absolute atomic E-state index is 13.5. The summed E-state index contributed by atoms with van der Waals surface area (Å²) in [6, 6.07) is 4.36. The Hall–Kier alpha value is -0.640. The summed E-state index contributed by atoms with van der Waals surface area (Å²) in [4.78, 5) is 0. The molecule has 0 bridgehead atoms. The van der Waals surface area contributed by atoms with Gasteiger partial charge in [0.15, 0.2) is 0 Å². The molecule has 0 saturated heterocycles. The maximum Gasteiger partial charge on any atom is 0.127 e. The molecule has 1 aromatic carbocycles. The van der Waals surface area contributed by atoms with Gasteiger partial charge in [-0.15, -0.1) is 0 Å². The van der Waals surface area contributed by atoms with Gasteiger partial charge in [-0.05, 0) is 17.5 Å². The Morgan fingerprint density at radius 3 is 2.35 bits per heavy atom. The fraction of sp³-hybridized carbons (Fsp3) is 0.538. The second-order valence-electron chi connectivity index (χ2n) is 5.28. The van der Waals surface area contributed by atoms with Crippen LogP contribution in [0.1, 0.15) is 26.3 Å². The van der Waals surface area contributed by atoms with E-state index >= 15 is 0 Å². The molecule has 17 heavy (non-hydrogen) atoms. The minimum absolute atomic E-state index is 0.00391. The van der Waals surface area contributed by atoms with Crippen LogP contribution in [0.15, 0.2) is 18.2 Å². The van der Waals surface area contributed by atoms with Gasteiger partial charge in [-0.2, -0.15) is 0 Å². The van der Waals surface area contributed by atoms with Gasteiger partial charge in [0.25, 0.3) is 0 Å². The topological polar surface area (TPSA) is 40.5 Å². The lowest BCUT2D eigenvalue weighted by Crippen LogP contribution is -2.39. The molecule has 0 aliphatic carbocycles. The van der Waals surface area contributed by atoms with Crippen LogP contribution < -0.4 is 0 Å². The van der Waals surface area contributed by atoms with Crippen molar-refractivity contribution < 1.29 is 14.6 Å². The highest BCUT2D eigenvalue weighted by Crippen LogP contribution is 2.26. The van der Waals surface area contributed by atoms with E-state index in [0.29, 0.717) is 0 Å². The molecule has 4 heteroatoms. The van der Waals surface area contributed by atoms with E-state index in [1.54, 1.807) is 6.07 Å². The van der Waals surface area contributed by atoms with Gasteiger partial charge in [-0.3, -0.25) is 0 Å². The molecule has 2 N–H and O–H groups in total. The minimum Gasteiger partial charge on any atom is -0.390 e. The molecule has 96 valence electrons. The summed E-state index contributed by atoms with van der Waals surface area (Å²) in [5.74, 6) is -0.461. The monoisotopic (exact) mass is 260 g/mol. The minimum atomic E-state index is -1.04. The zero-order valence-corrected chi connectivity index (χ0v) is 11.0. The molecule has 2 nitrogen and oxygen atoms in total. The largest absolute Gasteiger partial charge is 0.390 e. The van der Waals surface area contributed by atoms with E-state index in [-0.39, 0.29) is 17.0 Å². The second-order valence-corrected chi connectivity index (χ2v) is 5.69. The van der Waals surface area contributed by atoms with E-state index in [9.17, 15) is 14.6 Å². The molecule has 0 fully saturated rings. The van der Waals surface area contributed by atoms with E-state index in [1.807, 2.05) is 20.8 Å². The molecular weight excluding hydrogens is 243 g/mol. The van der Waals surface area contributed by atoms with Gasteiger partial charge >= 0.3 is 0 Å². The molecule has 0 amide bonds. The van der Waals surface area contributed by atoms with Gasteiger partial charge in [-0.25, -0.2) is 4.39 Å². The van der Waals surface area contributed by atoms with E-state index in [1.165, 1.54) is 12.1 Å². The van der Waals surface area contributed by atoms with Crippen molar-refractivity contribution in [3.05, 3.63) is 34.6 Å². The second kappa shape index (κ2) is 5.34. The van der Waals surface area contributed by atoms with Crippen molar-refractivity contribution in [1.29, 1.82) is 0 Å². The third-order valence-corrected chi connectivity index (χ3v) is 3.08. The number of benzene rings is 1. The zero-order valence-electron chi connectivity index (χ0n) is 10.2. The summed E-state index contributed by atoms with van der Waals surface area (Å²) in [6.07, 6.45) is -1.97. The molecule has 0 spiro atoms. The highest BCUT2D eigenvalue weighted by Gasteiger charge is 2.30. The van der Waals surface area contributed by atoms with Crippen molar-refractivity contribution in [2.24, 2.45) is 5.41 Å². The summed E-state index contributed by atoms with van der Waals surface area (Å²) in [5, 5.41) is 20.0. The molecule has 0 aliphatic heterocycles. The predicted octanol–water partition coefficient (Wildman–Crippen LogP) is 2.79. The van der Waals surface area contributed by atoms with Gasteiger partial charge in [0.05, 0.1) is 12.2 Å². The SMILES string of the molecule is CC(C)(C)C(O)C(O)Cc1c(F)cccc1Cl. The number of aliphatic hydroxyl groups is 2. The summed E-state index contributed by atoms with van der Waals surface area (Å²) in [7, 11) is 0. The third-order valence-electron chi connectivity index (χ3n) is 2.73. The summed E-state index contributed by atoms with van der Waals surface area (Å²) in [5.41, 5.74) is -0.220. The van der Waals surface area contributed by atoms with E-state index in [4.69, 9.17) is 11.6 Å². The molecule has 1 rings (SSSR count). The first-order valence-corrected chi connectivity index (χ1v) is 5.90. The van der Waals surface area contributed by atoms with Gasteiger partial charge in [0, 0.05) is 17.0 Å². The fourth-order valence-corrected chi connectivity index (χ4v) is 1.87. The smallest absolute Gasteiger partial charge is 0.127 e.